The Hall–Kier alpha value is -3.67. The molecule has 174 valence electrons. The lowest BCUT2D eigenvalue weighted by Gasteiger charge is -2.34. The maximum absolute atomic E-state index is 13.1. The van der Waals surface area contributed by atoms with Crippen molar-refractivity contribution in [3.05, 3.63) is 95.3 Å². The smallest absolute Gasteiger partial charge is 0.253 e. The normalized spacial score (nSPS) is 14.2. The minimum Gasteiger partial charge on any atom is -0.495 e. The Bertz CT molecular complexity index is 1310. The number of amides is 1. The molecule has 8 heteroatoms. The predicted octanol–water partition coefficient (Wildman–Crippen LogP) is 2.78. The molecule has 3 aromatic rings. The zero-order chi connectivity index (χ0) is 24.0. The van der Waals surface area contributed by atoms with Crippen LogP contribution in [0.4, 0.5) is 0 Å². The van der Waals surface area contributed by atoms with E-state index in [1.807, 2.05) is 30.3 Å². The zero-order valence-corrected chi connectivity index (χ0v) is 19.7. The average Bonchev–Trinajstić information content (AvgIpc) is 2.88. The standard InChI is InChI=1S/C26H25N3O4S/c1-33-25-13-11-23(19-22(25)10-12-24-9-5-6-14-27-24)26(30)28-15-17-29(18-16-28)34(31,32)20-21-7-3-2-4-8-21/h2-9,11,13-14,19H,15-18,20H2,1H3. The predicted molar refractivity (Wildman–Crippen MR) is 130 cm³/mol. The summed E-state index contributed by atoms with van der Waals surface area (Å²) in [4.78, 5) is 19.0. The van der Waals surface area contributed by atoms with E-state index in [4.69, 9.17) is 4.74 Å². The number of benzene rings is 2. The number of ether oxygens (including phenoxy) is 1. The van der Waals surface area contributed by atoms with Gasteiger partial charge in [0, 0.05) is 37.9 Å². The number of rotatable bonds is 5. The molecule has 0 aliphatic carbocycles. The Morgan fingerprint density at radius 2 is 1.71 bits per heavy atom. The summed E-state index contributed by atoms with van der Waals surface area (Å²) in [5.74, 6) is 6.38. The second kappa shape index (κ2) is 10.5. The summed E-state index contributed by atoms with van der Waals surface area (Å²) in [6, 6.07) is 19.7. The fourth-order valence-corrected chi connectivity index (χ4v) is 5.25. The molecule has 0 bridgehead atoms. The van der Waals surface area contributed by atoms with E-state index in [1.165, 1.54) is 4.31 Å². The van der Waals surface area contributed by atoms with Gasteiger partial charge in [-0.3, -0.25) is 4.79 Å². The van der Waals surface area contributed by atoms with Crippen molar-refractivity contribution >= 4 is 15.9 Å². The quantitative estimate of drug-likeness (QED) is 0.530. The number of methoxy groups -OCH3 is 1. The summed E-state index contributed by atoms with van der Waals surface area (Å²) < 4.78 is 32.4. The second-order valence-electron chi connectivity index (χ2n) is 7.81. The van der Waals surface area contributed by atoms with Crippen LogP contribution in [-0.2, 0) is 15.8 Å². The highest BCUT2D eigenvalue weighted by Crippen LogP contribution is 2.21. The van der Waals surface area contributed by atoms with Crippen molar-refractivity contribution in [2.45, 2.75) is 5.75 Å². The Morgan fingerprint density at radius 1 is 0.971 bits per heavy atom. The average molecular weight is 476 g/mol. The first-order valence-electron chi connectivity index (χ1n) is 10.9. The van der Waals surface area contributed by atoms with E-state index in [0.29, 0.717) is 35.7 Å². The van der Waals surface area contributed by atoms with Crippen molar-refractivity contribution in [2.75, 3.05) is 33.3 Å². The monoisotopic (exact) mass is 475 g/mol. The number of hydrogen-bond acceptors (Lipinski definition) is 5. The van der Waals surface area contributed by atoms with Crippen LogP contribution in [0, 0.1) is 11.8 Å². The molecule has 1 amide bonds. The van der Waals surface area contributed by atoms with Gasteiger partial charge >= 0.3 is 0 Å². The van der Waals surface area contributed by atoms with Gasteiger partial charge in [0.05, 0.1) is 18.4 Å². The molecule has 1 aliphatic rings. The second-order valence-corrected chi connectivity index (χ2v) is 9.78. The maximum atomic E-state index is 13.1. The van der Waals surface area contributed by atoms with E-state index in [1.54, 1.807) is 54.6 Å². The van der Waals surface area contributed by atoms with Crippen molar-refractivity contribution in [3.63, 3.8) is 0 Å². The summed E-state index contributed by atoms with van der Waals surface area (Å²) in [5, 5.41) is 0. The Kier molecular flexibility index (Phi) is 7.26. The van der Waals surface area contributed by atoms with Gasteiger partial charge in [0.2, 0.25) is 10.0 Å². The third-order valence-electron chi connectivity index (χ3n) is 5.55. The maximum Gasteiger partial charge on any atom is 0.253 e. The molecule has 4 rings (SSSR count). The molecule has 0 N–H and O–H groups in total. The van der Waals surface area contributed by atoms with E-state index in [2.05, 4.69) is 16.8 Å². The minimum absolute atomic E-state index is 0.0431. The minimum atomic E-state index is -3.44. The number of sulfonamides is 1. The van der Waals surface area contributed by atoms with E-state index >= 15 is 0 Å². The van der Waals surface area contributed by atoms with Crippen LogP contribution in [-0.4, -0.2) is 61.8 Å². The fraction of sp³-hybridized carbons (Fsp3) is 0.231. The lowest BCUT2D eigenvalue weighted by atomic mass is 10.1. The molecular weight excluding hydrogens is 450 g/mol. The van der Waals surface area contributed by atoms with Crippen molar-refractivity contribution in [2.24, 2.45) is 0 Å². The molecule has 1 aromatic heterocycles. The Labute approximate surface area is 200 Å². The summed E-state index contributed by atoms with van der Waals surface area (Å²) in [5.41, 5.74) is 2.43. The zero-order valence-electron chi connectivity index (χ0n) is 18.8. The van der Waals surface area contributed by atoms with E-state index in [-0.39, 0.29) is 24.7 Å². The van der Waals surface area contributed by atoms with Crippen LogP contribution in [0.2, 0.25) is 0 Å². The molecule has 34 heavy (non-hydrogen) atoms. The largest absolute Gasteiger partial charge is 0.495 e. The van der Waals surface area contributed by atoms with Gasteiger partial charge in [-0.2, -0.15) is 4.31 Å². The molecule has 0 spiro atoms. The molecular formula is C26H25N3O4S. The van der Waals surface area contributed by atoms with Crippen molar-refractivity contribution in [3.8, 4) is 17.6 Å². The van der Waals surface area contributed by atoms with Crippen LogP contribution in [0.15, 0.2) is 72.9 Å². The third-order valence-corrected chi connectivity index (χ3v) is 7.40. The first kappa shape index (κ1) is 23.5. The number of carbonyl (C=O) groups excluding carboxylic acids is 1. The molecule has 1 fully saturated rings. The SMILES string of the molecule is COc1ccc(C(=O)N2CCN(S(=O)(=O)Cc3ccccc3)CC2)cc1C#Cc1ccccn1. The van der Waals surface area contributed by atoms with E-state index in [9.17, 15) is 13.2 Å². The molecule has 0 atom stereocenters. The lowest BCUT2D eigenvalue weighted by molar-refractivity contribution is 0.0697. The Morgan fingerprint density at radius 3 is 2.38 bits per heavy atom. The fourth-order valence-electron chi connectivity index (χ4n) is 3.73. The summed E-state index contributed by atoms with van der Waals surface area (Å²) in [7, 11) is -1.89. The van der Waals surface area contributed by atoms with Gasteiger partial charge in [-0.05, 0) is 41.8 Å². The van der Waals surface area contributed by atoms with Crippen LogP contribution in [0.25, 0.3) is 0 Å². The topological polar surface area (TPSA) is 79.8 Å². The Balaban J connectivity index is 1.44. The van der Waals surface area contributed by atoms with Crippen LogP contribution in [0.3, 0.4) is 0 Å². The molecule has 1 saturated heterocycles. The molecule has 2 heterocycles. The third kappa shape index (κ3) is 5.63. The summed E-state index contributed by atoms with van der Waals surface area (Å²) in [6.07, 6.45) is 1.67. The number of hydrogen-bond donors (Lipinski definition) is 0. The summed E-state index contributed by atoms with van der Waals surface area (Å²) >= 11 is 0. The lowest BCUT2D eigenvalue weighted by Crippen LogP contribution is -2.50. The van der Waals surface area contributed by atoms with E-state index in [0.717, 1.165) is 5.56 Å². The molecule has 0 saturated carbocycles. The molecule has 0 unspecified atom stereocenters. The molecule has 7 nitrogen and oxygen atoms in total. The van der Waals surface area contributed by atoms with Gasteiger partial charge in [-0.1, -0.05) is 42.3 Å². The van der Waals surface area contributed by atoms with Gasteiger partial charge in [0.25, 0.3) is 5.91 Å². The molecule has 1 aliphatic heterocycles. The van der Waals surface area contributed by atoms with Gasteiger partial charge < -0.3 is 9.64 Å². The van der Waals surface area contributed by atoms with Crippen LogP contribution >= 0.6 is 0 Å². The highest BCUT2D eigenvalue weighted by molar-refractivity contribution is 7.88. The van der Waals surface area contributed by atoms with E-state index < -0.39 is 10.0 Å². The van der Waals surface area contributed by atoms with Gasteiger partial charge in [-0.25, -0.2) is 13.4 Å². The summed E-state index contributed by atoms with van der Waals surface area (Å²) in [6.45, 7) is 1.19. The first-order chi connectivity index (χ1) is 16.5. The van der Waals surface area contributed by atoms with Crippen LogP contribution in [0.5, 0.6) is 5.75 Å². The van der Waals surface area contributed by atoms with Crippen LogP contribution < -0.4 is 4.74 Å². The van der Waals surface area contributed by atoms with Gasteiger partial charge in [0.1, 0.15) is 11.4 Å². The number of nitrogens with zero attached hydrogens (tertiary/aromatic N) is 3. The number of aromatic nitrogens is 1. The number of carbonyl (C=O) groups is 1. The van der Waals surface area contributed by atoms with Crippen molar-refractivity contribution < 1.29 is 17.9 Å². The highest BCUT2D eigenvalue weighted by atomic mass is 32.2. The van der Waals surface area contributed by atoms with Crippen molar-refractivity contribution in [1.82, 2.24) is 14.2 Å². The van der Waals surface area contributed by atoms with Crippen molar-refractivity contribution in [1.29, 1.82) is 0 Å². The van der Waals surface area contributed by atoms with Gasteiger partial charge in [-0.15, -0.1) is 0 Å². The molecule has 0 radical (unpaired) electrons. The van der Waals surface area contributed by atoms with Gasteiger partial charge in [0.15, 0.2) is 0 Å². The number of pyridine rings is 1. The molecule has 2 aromatic carbocycles. The number of piperazine rings is 1. The van der Waals surface area contributed by atoms with Crippen LogP contribution in [0.1, 0.15) is 27.2 Å². The first-order valence-corrected chi connectivity index (χ1v) is 12.5. The highest BCUT2D eigenvalue weighted by Gasteiger charge is 2.29.